The number of benzene rings is 2. The summed E-state index contributed by atoms with van der Waals surface area (Å²) in [5.41, 5.74) is -0.00348. The molecule has 0 saturated heterocycles. The summed E-state index contributed by atoms with van der Waals surface area (Å²) >= 11 is 3.30. The lowest BCUT2D eigenvalue weighted by Gasteiger charge is -2.17. The zero-order chi connectivity index (χ0) is 19.3. The number of para-hydroxylation sites is 1. The minimum atomic E-state index is -4.46. The number of halogens is 4. The molecule has 0 heterocycles. The summed E-state index contributed by atoms with van der Waals surface area (Å²) in [7, 11) is 1.43. The van der Waals surface area contributed by atoms with E-state index < -0.39 is 23.6 Å². The van der Waals surface area contributed by atoms with E-state index in [-0.39, 0.29) is 18.5 Å². The molecule has 2 aromatic carbocycles. The molecule has 2 rings (SSSR count). The monoisotopic (exact) mass is 428 g/mol. The minimum absolute atomic E-state index is 0.209. The topological polar surface area (TPSA) is 49.4 Å². The third-order valence-electron chi connectivity index (χ3n) is 3.56. The number of carbonyl (C=O) groups is 2. The van der Waals surface area contributed by atoms with Crippen molar-refractivity contribution < 1.29 is 22.8 Å². The summed E-state index contributed by atoms with van der Waals surface area (Å²) in [5.74, 6) is -0.858. The molecule has 0 fully saturated rings. The molecule has 0 aliphatic heterocycles. The highest BCUT2D eigenvalue weighted by atomic mass is 79.9. The van der Waals surface area contributed by atoms with Crippen molar-refractivity contribution in [3.63, 3.8) is 0 Å². The number of hydrogen-bond donors (Lipinski definition) is 1. The van der Waals surface area contributed by atoms with Crippen LogP contribution in [0.1, 0.15) is 11.1 Å². The molecule has 26 heavy (non-hydrogen) atoms. The fraction of sp³-hybridized carbons (Fsp3) is 0.222. The largest absolute Gasteiger partial charge is 0.416 e. The van der Waals surface area contributed by atoms with Gasteiger partial charge in [-0.3, -0.25) is 9.59 Å². The fourth-order valence-electron chi connectivity index (χ4n) is 2.22. The van der Waals surface area contributed by atoms with E-state index in [0.717, 1.165) is 12.1 Å². The van der Waals surface area contributed by atoms with Gasteiger partial charge in [0.2, 0.25) is 11.8 Å². The Morgan fingerprint density at radius 1 is 1.12 bits per heavy atom. The molecule has 8 heteroatoms. The van der Waals surface area contributed by atoms with E-state index >= 15 is 0 Å². The van der Waals surface area contributed by atoms with Crippen LogP contribution in [-0.4, -0.2) is 30.3 Å². The summed E-state index contributed by atoms with van der Waals surface area (Å²) in [6, 6.07) is 11.6. The highest BCUT2D eigenvalue weighted by Gasteiger charge is 2.30. The summed E-state index contributed by atoms with van der Waals surface area (Å²) in [6.07, 6.45) is -4.68. The van der Waals surface area contributed by atoms with Crippen LogP contribution >= 0.6 is 15.9 Å². The van der Waals surface area contributed by atoms with Crippen molar-refractivity contribution in [1.29, 1.82) is 0 Å². The predicted octanol–water partition coefficient (Wildman–Crippen LogP) is 4.11. The van der Waals surface area contributed by atoms with Crippen LogP contribution in [0.5, 0.6) is 0 Å². The molecular weight excluding hydrogens is 413 g/mol. The molecule has 2 amide bonds. The maximum atomic E-state index is 12.7. The molecule has 0 aliphatic rings. The smallest absolute Gasteiger partial charge is 0.336 e. The molecule has 0 saturated carbocycles. The first-order valence-electron chi connectivity index (χ1n) is 7.61. The zero-order valence-corrected chi connectivity index (χ0v) is 15.4. The van der Waals surface area contributed by atoms with Gasteiger partial charge in [0.1, 0.15) is 0 Å². The lowest BCUT2D eigenvalue weighted by Crippen LogP contribution is -2.35. The fourth-order valence-corrected chi connectivity index (χ4v) is 2.61. The summed E-state index contributed by atoms with van der Waals surface area (Å²) in [4.78, 5) is 25.4. The second-order valence-corrected chi connectivity index (χ2v) is 6.51. The Kier molecular flexibility index (Phi) is 6.42. The second kappa shape index (κ2) is 8.35. The number of nitrogens with zero attached hydrogens (tertiary/aromatic N) is 1. The number of anilines is 1. The van der Waals surface area contributed by atoms with E-state index in [0.29, 0.717) is 10.2 Å². The van der Waals surface area contributed by atoms with Crippen LogP contribution < -0.4 is 5.32 Å². The molecular formula is C18H16BrF3N2O2. The zero-order valence-electron chi connectivity index (χ0n) is 13.8. The minimum Gasteiger partial charge on any atom is -0.336 e. The maximum Gasteiger partial charge on any atom is 0.416 e. The highest BCUT2D eigenvalue weighted by molar-refractivity contribution is 9.10. The third kappa shape index (κ3) is 5.59. The number of nitrogens with one attached hydrogen (secondary N) is 1. The van der Waals surface area contributed by atoms with Crippen LogP contribution in [0, 0.1) is 0 Å². The van der Waals surface area contributed by atoms with Crippen LogP contribution in [-0.2, 0) is 22.2 Å². The lowest BCUT2D eigenvalue weighted by molar-refractivity contribution is -0.137. The molecule has 4 nitrogen and oxygen atoms in total. The average molecular weight is 429 g/mol. The first-order chi connectivity index (χ1) is 12.2. The van der Waals surface area contributed by atoms with Crippen LogP contribution in [0.15, 0.2) is 53.0 Å². The van der Waals surface area contributed by atoms with Gasteiger partial charge in [-0.15, -0.1) is 0 Å². The van der Waals surface area contributed by atoms with Crippen molar-refractivity contribution in [2.45, 2.75) is 12.6 Å². The summed E-state index contributed by atoms with van der Waals surface area (Å²) in [6.45, 7) is -0.209. The van der Waals surface area contributed by atoms with Crippen molar-refractivity contribution in [2.75, 3.05) is 18.9 Å². The molecule has 0 unspecified atom stereocenters. The van der Waals surface area contributed by atoms with E-state index in [1.165, 1.54) is 24.1 Å². The Morgan fingerprint density at radius 3 is 2.46 bits per heavy atom. The van der Waals surface area contributed by atoms with Crippen LogP contribution in [0.2, 0.25) is 0 Å². The molecule has 0 aromatic heterocycles. The van der Waals surface area contributed by atoms with E-state index in [1.54, 1.807) is 24.3 Å². The van der Waals surface area contributed by atoms with E-state index in [1.807, 2.05) is 0 Å². The van der Waals surface area contributed by atoms with Crippen molar-refractivity contribution >= 4 is 33.4 Å². The summed E-state index contributed by atoms with van der Waals surface area (Å²) in [5, 5.41) is 2.66. The Morgan fingerprint density at radius 2 is 1.81 bits per heavy atom. The SMILES string of the molecule is CN(CC(=O)Nc1ccccc1Br)C(=O)Cc1cccc(C(F)(F)F)c1. The van der Waals surface area contributed by atoms with Crippen LogP contribution in [0.25, 0.3) is 0 Å². The standard InChI is InChI=1S/C18H16BrF3N2O2/c1-24(11-16(25)23-15-8-3-2-7-14(15)19)17(26)10-12-5-4-6-13(9-12)18(20,21)22/h2-9H,10-11H2,1H3,(H,23,25). The Bertz CT molecular complexity index is 809. The molecule has 0 bridgehead atoms. The molecule has 0 aliphatic carbocycles. The molecule has 0 atom stereocenters. The first kappa shape index (κ1) is 20.0. The normalized spacial score (nSPS) is 11.1. The molecule has 0 spiro atoms. The molecule has 2 aromatic rings. The van der Waals surface area contributed by atoms with E-state index in [9.17, 15) is 22.8 Å². The lowest BCUT2D eigenvalue weighted by atomic mass is 10.1. The van der Waals surface area contributed by atoms with Gasteiger partial charge < -0.3 is 10.2 Å². The number of hydrogen-bond acceptors (Lipinski definition) is 2. The third-order valence-corrected chi connectivity index (χ3v) is 4.26. The van der Waals surface area contributed by atoms with E-state index in [4.69, 9.17) is 0 Å². The number of likely N-dealkylation sites (N-methyl/N-ethyl adjacent to an activating group) is 1. The average Bonchev–Trinajstić information content (AvgIpc) is 2.56. The van der Waals surface area contributed by atoms with Crippen molar-refractivity contribution in [1.82, 2.24) is 4.90 Å². The Labute approximate surface area is 157 Å². The van der Waals surface area contributed by atoms with Crippen molar-refractivity contribution in [3.8, 4) is 0 Å². The van der Waals surface area contributed by atoms with Gasteiger partial charge in [0.25, 0.3) is 0 Å². The maximum absolute atomic E-state index is 12.7. The van der Waals surface area contributed by atoms with E-state index in [2.05, 4.69) is 21.2 Å². The van der Waals surface area contributed by atoms with Gasteiger partial charge in [0.05, 0.1) is 24.2 Å². The van der Waals surface area contributed by atoms with Crippen molar-refractivity contribution in [2.24, 2.45) is 0 Å². The second-order valence-electron chi connectivity index (χ2n) is 5.65. The number of alkyl halides is 3. The number of carbonyl (C=O) groups excluding carboxylic acids is 2. The van der Waals surface area contributed by atoms with Gasteiger partial charge >= 0.3 is 6.18 Å². The van der Waals surface area contributed by atoms with Gasteiger partial charge in [0.15, 0.2) is 0 Å². The molecule has 0 radical (unpaired) electrons. The molecule has 138 valence electrons. The van der Waals surface area contributed by atoms with Gasteiger partial charge in [0, 0.05) is 11.5 Å². The van der Waals surface area contributed by atoms with Gasteiger partial charge in [-0.25, -0.2) is 0 Å². The number of amides is 2. The van der Waals surface area contributed by atoms with Gasteiger partial charge in [-0.2, -0.15) is 13.2 Å². The Hall–Kier alpha value is -2.35. The summed E-state index contributed by atoms with van der Waals surface area (Å²) < 4.78 is 38.9. The van der Waals surface area contributed by atoms with Gasteiger partial charge in [-0.05, 0) is 39.7 Å². The van der Waals surface area contributed by atoms with Crippen LogP contribution in [0.4, 0.5) is 18.9 Å². The first-order valence-corrected chi connectivity index (χ1v) is 8.40. The van der Waals surface area contributed by atoms with Crippen LogP contribution in [0.3, 0.4) is 0 Å². The predicted molar refractivity (Wildman–Crippen MR) is 95.6 cm³/mol. The highest BCUT2D eigenvalue weighted by Crippen LogP contribution is 2.29. The quantitative estimate of drug-likeness (QED) is 0.778. The van der Waals surface area contributed by atoms with Gasteiger partial charge in [-0.1, -0.05) is 30.3 Å². The molecule has 1 N–H and O–H groups in total. The number of rotatable bonds is 5. The Balaban J connectivity index is 1.95. The van der Waals surface area contributed by atoms with Crippen molar-refractivity contribution in [3.05, 3.63) is 64.1 Å².